The van der Waals surface area contributed by atoms with Crippen LogP contribution in [0, 0.1) is 0 Å². The summed E-state index contributed by atoms with van der Waals surface area (Å²) >= 11 is 5.81. The Morgan fingerprint density at radius 2 is 1.70 bits per heavy atom. The molecule has 2 N–H and O–H groups in total. The molecule has 1 saturated carbocycles. The predicted octanol–water partition coefficient (Wildman–Crippen LogP) is 4.09. The first-order chi connectivity index (χ1) is 12.8. The summed E-state index contributed by atoms with van der Waals surface area (Å²) in [4.78, 5) is 12.7. The van der Waals surface area contributed by atoms with Crippen molar-refractivity contribution in [3.05, 3.63) is 59.1 Å². The van der Waals surface area contributed by atoms with Crippen LogP contribution in [0.5, 0.6) is 0 Å². The van der Waals surface area contributed by atoms with E-state index in [-0.39, 0.29) is 16.8 Å². The number of halogens is 1. The highest BCUT2D eigenvalue weighted by molar-refractivity contribution is 7.92. The normalized spacial score (nSPS) is 16.4. The van der Waals surface area contributed by atoms with E-state index < -0.39 is 15.4 Å². The molecule has 2 aromatic carbocycles. The largest absolute Gasteiger partial charge is 0.353 e. The zero-order chi connectivity index (χ0) is 19.7. The van der Waals surface area contributed by atoms with E-state index in [9.17, 15) is 13.2 Å². The molecular formula is C20H23ClN2O3S. The van der Waals surface area contributed by atoms with E-state index in [0.717, 1.165) is 24.8 Å². The predicted molar refractivity (Wildman–Crippen MR) is 108 cm³/mol. The first-order valence-corrected chi connectivity index (χ1v) is 10.8. The average molecular weight is 407 g/mol. The Balaban J connectivity index is 1.74. The second-order valence-electron chi connectivity index (χ2n) is 7.00. The van der Waals surface area contributed by atoms with E-state index in [2.05, 4.69) is 10.0 Å². The highest BCUT2D eigenvalue weighted by Gasteiger charge is 2.51. The standard InChI is InChI=1S/C20H23ClN2O3S/c1-3-14(2)22-19(24)20(12-13-20)15-4-8-17(9-5-15)23-27(25,26)18-10-6-16(21)7-11-18/h4-11,14,23H,3,12-13H2,1-2H3,(H,22,24). The van der Waals surface area contributed by atoms with Gasteiger partial charge in [0.2, 0.25) is 5.91 Å². The summed E-state index contributed by atoms with van der Waals surface area (Å²) in [5.74, 6) is 0.0475. The second kappa shape index (κ2) is 7.52. The zero-order valence-corrected chi connectivity index (χ0v) is 16.9. The summed E-state index contributed by atoms with van der Waals surface area (Å²) in [6.07, 6.45) is 2.50. The maximum atomic E-state index is 12.6. The van der Waals surface area contributed by atoms with Crippen LogP contribution in [0.3, 0.4) is 0 Å². The van der Waals surface area contributed by atoms with Gasteiger partial charge in [0.15, 0.2) is 0 Å². The fourth-order valence-electron chi connectivity index (χ4n) is 2.92. The highest BCUT2D eigenvalue weighted by Crippen LogP contribution is 2.48. The van der Waals surface area contributed by atoms with Crippen molar-refractivity contribution in [2.24, 2.45) is 0 Å². The molecule has 1 aliphatic carbocycles. The number of nitrogens with one attached hydrogen (secondary N) is 2. The molecule has 0 heterocycles. The van der Waals surface area contributed by atoms with Gasteiger partial charge >= 0.3 is 0 Å². The molecule has 1 amide bonds. The van der Waals surface area contributed by atoms with Gasteiger partial charge in [-0.25, -0.2) is 8.42 Å². The van der Waals surface area contributed by atoms with Gasteiger partial charge in [-0.05, 0) is 68.1 Å². The number of anilines is 1. The number of hydrogen-bond acceptors (Lipinski definition) is 3. The maximum absolute atomic E-state index is 12.6. The van der Waals surface area contributed by atoms with Gasteiger partial charge in [0.1, 0.15) is 0 Å². The lowest BCUT2D eigenvalue weighted by molar-refractivity contribution is -0.124. The van der Waals surface area contributed by atoms with Crippen LogP contribution in [0.1, 0.15) is 38.7 Å². The Kier molecular flexibility index (Phi) is 5.49. The van der Waals surface area contributed by atoms with Gasteiger partial charge in [-0.2, -0.15) is 0 Å². The smallest absolute Gasteiger partial charge is 0.261 e. The number of amides is 1. The van der Waals surface area contributed by atoms with Crippen molar-refractivity contribution in [2.75, 3.05) is 4.72 Å². The summed E-state index contributed by atoms with van der Waals surface area (Å²) in [5, 5.41) is 3.52. The molecule has 5 nitrogen and oxygen atoms in total. The fourth-order valence-corrected chi connectivity index (χ4v) is 4.11. The lowest BCUT2D eigenvalue weighted by Crippen LogP contribution is -2.39. The van der Waals surface area contributed by atoms with Crippen LogP contribution < -0.4 is 10.0 Å². The molecule has 0 radical (unpaired) electrons. The van der Waals surface area contributed by atoms with Gasteiger partial charge in [0.05, 0.1) is 10.3 Å². The molecule has 1 unspecified atom stereocenters. The SMILES string of the molecule is CCC(C)NC(=O)C1(c2ccc(NS(=O)(=O)c3ccc(Cl)cc3)cc2)CC1. The van der Waals surface area contributed by atoms with Crippen molar-refractivity contribution in [1.29, 1.82) is 0 Å². The van der Waals surface area contributed by atoms with Crippen molar-refractivity contribution in [1.82, 2.24) is 5.32 Å². The van der Waals surface area contributed by atoms with Gasteiger partial charge in [-0.1, -0.05) is 30.7 Å². The Hall–Kier alpha value is -2.05. The molecule has 1 fully saturated rings. The lowest BCUT2D eigenvalue weighted by atomic mass is 9.94. The molecule has 0 aromatic heterocycles. The number of carbonyl (C=O) groups is 1. The molecule has 0 aliphatic heterocycles. The first kappa shape index (κ1) is 19.7. The van der Waals surface area contributed by atoms with Gasteiger partial charge in [-0.15, -0.1) is 0 Å². The Labute approximate surface area is 165 Å². The molecule has 144 valence electrons. The van der Waals surface area contributed by atoms with E-state index in [1.165, 1.54) is 24.3 Å². The second-order valence-corrected chi connectivity index (χ2v) is 9.12. The van der Waals surface area contributed by atoms with Crippen molar-refractivity contribution < 1.29 is 13.2 Å². The van der Waals surface area contributed by atoms with Crippen LogP contribution in [-0.4, -0.2) is 20.4 Å². The number of carbonyl (C=O) groups excluding carboxylic acids is 1. The molecule has 3 rings (SSSR count). The quantitative estimate of drug-likeness (QED) is 0.727. The average Bonchev–Trinajstić information content (AvgIpc) is 3.44. The number of hydrogen-bond donors (Lipinski definition) is 2. The monoisotopic (exact) mass is 406 g/mol. The summed E-state index contributed by atoms with van der Waals surface area (Å²) in [7, 11) is -3.69. The molecule has 1 atom stereocenters. The van der Waals surface area contributed by atoms with Crippen LogP contribution in [0.15, 0.2) is 53.4 Å². The van der Waals surface area contributed by atoms with Crippen LogP contribution in [-0.2, 0) is 20.2 Å². The minimum Gasteiger partial charge on any atom is -0.353 e. The molecular weight excluding hydrogens is 384 g/mol. The summed E-state index contributed by atoms with van der Waals surface area (Å²) in [5.41, 5.74) is 0.890. The Morgan fingerprint density at radius 3 is 2.22 bits per heavy atom. The van der Waals surface area contributed by atoms with E-state index >= 15 is 0 Å². The third-order valence-electron chi connectivity index (χ3n) is 4.99. The van der Waals surface area contributed by atoms with Crippen molar-refractivity contribution in [3.63, 3.8) is 0 Å². The van der Waals surface area contributed by atoms with Crippen LogP contribution >= 0.6 is 11.6 Å². The first-order valence-electron chi connectivity index (χ1n) is 8.97. The molecule has 0 saturated heterocycles. The topological polar surface area (TPSA) is 75.3 Å². The van der Waals surface area contributed by atoms with Crippen LogP contribution in [0.2, 0.25) is 5.02 Å². The molecule has 0 spiro atoms. The zero-order valence-electron chi connectivity index (χ0n) is 15.3. The van der Waals surface area contributed by atoms with Gasteiger partial charge in [0.25, 0.3) is 10.0 Å². The third-order valence-corrected chi connectivity index (χ3v) is 6.64. The van der Waals surface area contributed by atoms with E-state index in [4.69, 9.17) is 11.6 Å². The van der Waals surface area contributed by atoms with Gasteiger partial charge in [-0.3, -0.25) is 9.52 Å². The van der Waals surface area contributed by atoms with Crippen molar-refractivity contribution in [2.45, 2.75) is 49.5 Å². The molecule has 1 aliphatic rings. The minimum absolute atomic E-state index is 0.0475. The fraction of sp³-hybridized carbons (Fsp3) is 0.350. The van der Waals surface area contributed by atoms with Crippen molar-refractivity contribution >= 4 is 33.2 Å². The van der Waals surface area contributed by atoms with E-state index in [0.29, 0.717) is 10.7 Å². The van der Waals surface area contributed by atoms with Gasteiger partial charge in [0, 0.05) is 16.8 Å². The van der Waals surface area contributed by atoms with Crippen molar-refractivity contribution in [3.8, 4) is 0 Å². The van der Waals surface area contributed by atoms with Gasteiger partial charge < -0.3 is 5.32 Å². The van der Waals surface area contributed by atoms with E-state index in [1.54, 1.807) is 12.1 Å². The van der Waals surface area contributed by atoms with Crippen LogP contribution in [0.4, 0.5) is 5.69 Å². The number of rotatable bonds is 7. The maximum Gasteiger partial charge on any atom is 0.261 e. The molecule has 2 aromatic rings. The molecule has 27 heavy (non-hydrogen) atoms. The Morgan fingerprint density at radius 1 is 1.11 bits per heavy atom. The van der Waals surface area contributed by atoms with E-state index in [1.807, 2.05) is 26.0 Å². The Bertz CT molecular complexity index is 921. The molecule has 7 heteroatoms. The lowest BCUT2D eigenvalue weighted by Gasteiger charge is -2.19. The highest BCUT2D eigenvalue weighted by atomic mass is 35.5. The summed E-state index contributed by atoms with van der Waals surface area (Å²) in [6, 6.07) is 13.2. The summed E-state index contributed by atoms with van der Waals surface area (Å²) < 4.78 is 27.5. The minimum atomic E-state index is -3.69. The number of benzene rings is 2. The number of sulfonamides is 1. The molecule has 0 bridgehead atoms. The summed E-state index contributed by atoms with van der Waals surface area (Å²) in [6.45, 7) is 4.02. The van der Waals surface area contributed by atoms with Crippen LogP contribution in [0.25, 0.3) is 0 Å². The third kappa shape index (κ3) is 4.28.